The van der Waals surface area contributed by atoms with Crippen molar-refractivity contribution in [3.63, 3.8) is 0 Å². The SMILES string of the molecule is CN(Cc1nc(N2CCCC2(C)C)cc2c1CN(c1cccc(-c3nncn3-c3ccccc3)n1)C2=O)C(=O)O. The average Bonchev–Trinajstić information content (AvgIpc) is 3.66. The Morgan fingerprint density at radius 2 is 1.88 bits per heavy atom. The number of benzene rings is 1. The molecule has 1 aromatic carbocycles. The number of rotatable bonds is 6. The summed E-state index contributed by atoms with van der Waals surface area (Å²) in [5, 5.41) is 17.9. The van der Waals surface area contributed by atoms with Gasteiger partial charge < -0.3 is 14.9 Å². The predicted octanol–water partition coefficient (Wildman–Crippen LogP) is 4.37. The molecule has 6 rings (SSSR count). The van der Waals surface area contributed by atoms with Gasteiger partial charge in [-0.05, 0) is 57.0 Å². The van der Waals surface area contributed by atoms with E-state index in [-0.39, 0.29) is 24.5 Å². The molecule has 5 heterocycles. The lowest BCUT2D eigenvalue weighted by Gasteiger charge is -2.33. The molecule has 11 heteroatoms. The van der Waals surface area contributed by atoms with Crippen molar-refractivity contribution in [2.24, 2.45) is 0 Å². The standard InChI is InChI=1S/C29H30N8O3/c1-29(2)13-8-14-37(29)25-15-20-21(23(32-25)17-34(3)28(39)40)16-35(27(20)38)24-12-7-11-22(31-24)26-33-30-18-36(26)19-9-5-4-6-10-19/h4-7,9-12,15,18H,8,13-14,16-17H2,1-3H3,(H,39,40). The van der Waals surface area contributed by atoms with Gasteiger partial charge in [0.1, 0.15) is 23.7 Å². The molecular formula is C29H30N8O3. The van der Waals surface area contributed by atoms with Crippen LogP contribution in [0.2, 0.25) is 0 Å². The van der Waals surface area contributed by atoms with Crippen LogP contribution in [0.15, 0.2) is 60.9 Å². The summed E-state index contributed by atoms with van der Waals surface area (Å²) in [7, 11) is 1.51. The van der Waals surface area contributed by atoms with Crippen LogP contribution >= 0.6 is 0 Å². The molecule has 0 aliphatic carbocycles. The fourth-order valence-electron chi connectivity index (χ4n) is 5.52. The Morgan fingerprint density at radius 3 is 2.60 bits per heavy atom. The van der Waals surface area contributed by atoms with Gasteiger partial charge in [0.05, 0.1) is 24.3 Å². The second kappa shape index (κ2) is 9.74. The lowest BCUT2D eigenvalue weighted by molar-refractivity contribution is 0.0995. The van der Waals surface area contributed by atoms with E-state index in [0.29, 0.717) is 34.4 Å². The third-order valence-electron chi connectivity index (χ3n) is 7.70. The Bertz CT molecular complexity index is 1600. The minimum atomic E-state index is -1.06. The van der Waals surface area contributed by atoms with Gasteiger partial charge in [0.15, 0.2) is 5.82 Å². The van der Waals surface area contributed by atoms with Gasteiger partial charge in [0.2, 0.25) is 0 Å². The van der Waals surface area contributed by atoms with Crippen LogP contribution in [-0.4, -0.2) is 65.9 Å². The molecular weight excluding hydrogens is 508 g/mol. The van der Waals surface area contributed by atoms with E-state index in [2.05, 4.69) is 28.9 Å². The molecule has 2 aliphatic rings. The van der Waals surface area contributed by atoms with Crippen molar-refractivity contribution in [2.75, 3.05) is 23.4 Å². The van der Waals surface area contributed by atoms with Crippen LogP contribution in [0.1, 0.15) is 48.3 Å². The molecule has 1 fully saturated rings. The molecule has 1 saturated heterocycles. The van der Waals surface area contributed by atoms with Crippen molar-refractivity contribution in [3.8, 4) is 17.2 Å². The predicted molar refractivity (Wildman–Crippen MR) is 149 cm³/mol. The van der Waals surface area contributed by atoms with Crippen LogP contribution < -0.4 is 9.80 Å². The van der Waals surface area contributed by atoms with E-state index < -0.39 is 6.09 Å². The number of para-hydroxylation sites is 1. The average molecular weight is 539 g/mol. The summed E-state index contributed by atoms with van der Waals surface area (Å²) in [6.45, 7) is 5.48. The summed E-state index contributed by atoms with van der Waals surface area (Å²) >= 11 is 0. The van der Waals surface area contributed by atoms with Crippen molar-refractivity contribution in [1.82, 2.24) is 29.6 Å². The molecule has 2 amide bonds. The number of carbonyl (C=O) groups excluding carboxylic acids is 1. The fourth-order valence-corrected chi connectivity index (χ4v) is 5.52. The Hall–Kier alpha value is -4.80. The van der Waals surface area contributed by atoms with E-state index in [0.717, 1.165) is 30.6 Å². The summed E-state index contributed by atoms with van der Waals surface area (Å²) in [4.78, 5) is 40.3. The topological polar surface area (TPSA) is 121 Å². The van der Waals surface area contributed by atoms with E-state index in [1.54, 1.807) is 17.3 Å². The van der Waals surface area contributed by atoms with Crippen LogP contribution in [0.25, 0.3) is 17.2 Å². The number of anilines is 2. The van der Waals surface area contributed by atoms with E-state index >= 15 is 0 Å². The van der Waals surface area contributed by atoms with Gasteiger partial charge in [0.25, 0.3) is 5.91 Å². The fraction of sp³-hybridized carbons (Fsp3) is 0.310. The lowest BCUT2D eigenvalue weighted by Crippen LogP contribution is -2.39. The molecule has 0 saturated carbocycles. The number of hydrogen-bond donors (Lipinski definition) is 1. The maximum Gasteiger partial charge on any atom is 0.407 e. The maximum atomic E-state index is 13.9. The van der Waals surface area contributed by atoms with E-state index in [1.165, 1.54) is 11.9 Å². The third kappa shape index (κ3) is 4.42. The lowest BCUT2D eigenvalue weighted by atomic mass is 10.0. The highest BCUT2D eigenvalue weighted by Crippen LogP contribution is 2.37. The Balaban J connectivity index is 1.38. The van der Waals surface area contributed by atoms with Crippen molar-refractivity contribution < 1.29 is 14.7 Å². The largest absolute Gasteiger partial charge is 0.465 e. The summed E-state index contributed by atoms with van der Waals surface area (Å²) < 4.78 is 1.85. The summed E-state index contributed by atoms with van der Waals surface area (Å²) in [5.74, 6) is 1.54. The Morgan fingerprint density at radius 1 is 1.07 bits per heavy atom. The summed E-state index contributed by atoms with van der Waals surface area (Å²) in [6, 6.07) is 17.1. The molecule has 0 radical (unpaired) electrons. The van der Waals surface area contributed by atoms with Crippen LogP contribution in [0.5, 0.6) is 0 Å². The number of aromatic nitrogens is 5. The van der Waals surface area contributed by atoms with Crippen LogP contribution in [0.4, 0.5) is 16.4 Å². The smallest absolute Gasteiger partial charge is 0.407 e. The molecule has 0 spiro atoms. The number of fused-ring (bicyclic) bond motifs is 1. The maximum absolute atomic E-state index is 13.9. The Kier molecular flexibility index (Phi) is 6.21. The summed E-state index contributed by atoms with van der Waals surface area (Å²) in [5.41, 5.74) is 3.19. The molecule has 4 aromatic rings. The van der Waals surface area contributed by atoms with Gasteiger partial charge in [-0.2, -0.15) is 0 Å². The Labute approximate surface area is 231 Å². The number of carboxylic acid groups (broad SMARTS) is 1. The van der Waals surface area contributed by atoms with E-state index in [9.17, 15) is 14.7 Å². The number of carbonyl (C=O) groups is 2. The highest BCUT2D eigenvalue weighted by atomic mass is 16.4. The zero-order valence-corrected chi connectivity index (χ0v) is 22.7. The first-order valence-electron chi connectivity index (χ1n) is 13.2. The first kappa shape index (κ1) is 25.5. The van der Waals surface area contributed by atoms with Gasteiger partial charge in [0, 0.05) is 30.4 Å². The molecule has 3 aromatic heterocycles. The van der Waals surface area contributed by atoms with E-state index in [4.69, 9.17) is 9.97 Å². The highest BCUT2D eigenvalue weighted by molar-refractivity contribution is 6.10. The number of hydrogen-bond acceptors (Lipinski definition) is 7. The van der Waals surface area contributed by atoms with Gasteiger partial charge in [-0.1, -0.05) is 24.3 Å². The van der Waals surface area contributed by atoms with Crippen molar-refractivity contribution >= 4 is 23.6 Å². The molecule has 1 N–H and O–H groups in total. The van der Waals surface area contributed by atoms with Crippen LogP contribution in [-0.2, 0) is 13.1 Å². The summed E-state index contributed by atoms with van der Waals surface area (Å²) in [6.07, 6.45) is 2.62. The second-order valence-electron chi connectivity index (χ2n) is 10.8. The third-order valence-corrected chi connectivity index (χ3v) is 7.70. The molecule has 204 valence electrons. The quantitative estimate of drug-likeness (QED) is 0.384. The number of pyridine rings is 2. The number of amides is 2. The first-order valence-corrected chi connectivity index (χ1v) is 13.2. The molecule has 0 bridgehead atoms. The zero-order chi connectivity index (χ0) is 28.0. The zero-order valence-electron chi connectivity index (χ0n) is 22.7. The van der Waals surface area contributed by atoms with Crippen LogP contribution in [0.3, 0.4) is 0 Å². The number of nitrogens with zero attached hydrogens (tertiary/aromatic N) is 8. The van der Waals surface area contributed by atoms with Gasteiger partial charge in [-0.3, -0.25) is 14.3 Å². The first-order chi connectivity index (χ1) is 19.2. The minimum absolute atomic E-state index is 0.0779. The normalized spacial score (nSPS) is 15.9. The van der Waals surface area contributed by atoms with Gasteiger partial charge in [-0.15, -0.1) is 10.2 Å². The van der Waals surface area contributed by atoms with E-state index in [1.807, 2.05) is 53.1 Å². The van der Waals surface area contributed by atoms with Gasteiger partial charge in [-0.25, -0.2) is 14.8 Å². The van der Waals surface area contributed by atoms with Gasteiger partial charge >= 0.3 is 6.09 Å². The molecule has 40 heavy (non-hydrogen) atoms. The van der Waals surface area contributed by atoms with Crippen molar-refractivity contribution in [3.05, 3.63) is 77.7 Å². The molecule has 0 unspecified atom stereocenters. The molecule has 0 atom stereocenters. The monoisotopic (exact) mass is 538 g/mol. The molecule has 2 aliphatic heterocycles. The molecule has 11 nitrogen and oxygen atoms in total. The second-order valence-corrected chi connectivity index (χ2v) is 10.8. The minimum Gasteiger partial charge on any atom is -0.465 e. The highest BCUT2D eigenvalue weighted by Gasteiger charge is 2.37. The van der Waals surface area contributed by atoms with Crippen LogP contribution in [0, 0.1) is 0 Å². The van der Waals surface area contributed by atoms with Crippen molar-refractivity contribution in [2.45, 2.75) is 45.3 Å². The van der Waals surface area contributed by atoms with Crippen molar-refractivity contribution in [1.29, 1.82) is 0 Å².